The quantitative estimate of drug-likeness (QED) is 0.325. The van der Waals surface area contributed by atoms with E-state index >= 15 is 0 Å². The molecule has 0 aromatic heterocycles. The van der Waals surface area contributed by atoms with Gasteiger partial charge in [0.25, 0.3) is 11.8 Å². The number of nitrogens with zero attached hydrogens (tertiary/aromatic N) is 4. The lowest BCUT2D eigenvalue weighted by Gasteiger charge is -2.12. The van der Waals surface area contributed by atoms with Gasteiger partial charge in [-0.05, 0) is 77.9 Å². The van der Waals surface area contributed by atoms with Crippen LogP contribution in [0.4, 0.5) is 11.4 Å². The van der Waals surface area contributed by atoms with Crippen molar-refractivity contribution in [3.05, 3.63) is 89.0 Å². The molecule has 3 rings (SSSR count). The summed E-state index contributed by atoms with van der Waals surface area (Å²) in [4.78, 5) is 28.6. The van der Waals surface area contributed by atoms with Crippen molar-refractivity contribution in [3.8, 4) is 5.75 Å². The number of nitrogens with one attached hydrogen (secondary N) is 2. The zero-order valence-electron chi connectivity index (χ0n) is 23.0. The first-order valence-electron chi connectivity index (χ1n) is 12.2. The summed E-state index contributed by atoms with van der Waals surface area (Å²) in [6.45, 7) is 4.00. The van der Waals surface area contributed by atoms with Crippen LogP contribution >= 0.6 is 0 Å². The first kappa shape index (κ1) is 29.6. The van der Waals surface area contributed by atoms with Crippen LogP contribution in [0.3, 0.4) is 0 Å². The van der Waals surface area contributed by atoms with Crippen LogP contribution in [0.25, 0.3) is 0 Å². The molecule has 0 saturated heterocycles. The van der Waals surface area contributed by atoms with Gasteiger partial charge in [0.1, 0.15) is 5.75 Å². The van der Waals surface area contributed by atoms with E-state index in [1.807, 2.05) is 76.1 Å². The zero-order chi connectivity index (χ0) is 28.1. The molecular formula is C29H36N6O3. The second kappa shape index (κ2) is 14.8. The number of benzene rings is 3. The Bertz CT molecular complexity index is 1160. The van der Waals surface area contributed by atoms with Crippen LogP contribution in [0.15, 0.2) is 76.9 Å². The molecule has 9 nitrogen and oxygen atoms in total. The monoisotopic (exact) mass is 516 g/mol. The fourth-order valence-corrected chi connectivity index (χ4v) is 3.19. The van der Waals surface area contributed by atoms with E-state index < -0.39 is 0 Å². The standard InChI is InChI=1S/C27H30N6O3.C2H6/c1-32(2)23-10-6-21(7-11-23)26(34)30-28-17-19-14-20(16-25(15-19)36-5)18-29-31-27(35)22-8-12-24(13-9-22)33(3)4;1-2/h6-18H,1-5H3,(H,30,34)(H,31,35);1-2H3/b28-17+,29-18+;. The normalized spacial score (nSPS) is 10.5. The maximum atomic E-state index is 12.4. The van der Waals surface area contributed by atoms with Crippen molar-refractivity contribution in [2.45, 2.75) is 13.8 Å². The molecule has 0 aliphatic heterocycles. The molecule has 200 valence electrons. The molecule has 2 amide bonds. The summed E-state index contributed by atoms with van der Waals surface area (Å²) in [5.41, 5.74) is 9.42. The molecule has 0 atom stereocenters. The number of hydrazone groups is 2. The summed E-state index contributed by atoms with van der Waals surface area (Å²) in [5.74, 6) is -0.0540. The second-order valence-corrected chi connectivity index (χ2v) is 8.32. The summed E-state index contributed by atoms with van der Waals surface area (Å²) >= 11 is 0. The summed E-state index contributed by atoms with van der Waals surface area (Å²) in [7, 11) is 9.29. The molecule has 3 aromatic rings. The Morgan fingerprint density at radius 2 is 1.05 bits per heavy atom. The lowest BCUT2D eigenvalue weighted by atomic mass is 10.1. The number of carbonyl (C=O) groups excluding carboxylic acids is 2. The van der Waals surface area contributed by atoms with Gasteiger partial charge in [-0.15, -0.1) is 0 Å². The maximum Gasteiger partial charge on any atom is 0.271 e. The molecule has 38 heavy (non-hydrogen) atoms. The van der Waals surface area contributed by atoms with Crippen LogP contribution in [0, 0.1) is 0 Å². The van der Waals surface area contributed by atoms with E-state index in [-0.39, 0.29) is 11.8 Å². The summed E-state index contributed by atoms with van der Waals surface area (Å²) in [6, 6.07) is 19.8. The SMILES string of the molecule is CC.COc1cc(/C=N/NC(=O)c2ccc(N(C)C)cc2)cc(/C=N/NC(=O)c2ccc(N(C)C)cc2)c1. The minimum Gasteiger partial charge on any atom is -0.497 e. The van der Waals surface area contributed by atoms with Gasteiger partial charge in [0.2, 0.25) is 0 Å². The maximum absolute atomic E-state index is 12.4. The zero-order valence-corrected chi connectivity index (χ0v) is 23.0. The van der Waals surface area contributed by atoms with Gasteiger partial charge in [-0.3, -0.25) is 9.59 Å². The minimum atomic E-state index is -0.317. The van der Waals surface area contributed by atoms with Crippen molar-refractivity contribution >= 4 is 35.6 Å². The Morgan fingerprint density at radius 1 is 0.684 bits per heavy atom. The van der Waals surface area contributed by atoms with Crippen molar-refractivity contribution in [2.75, 3.05) is 45.1 Å². The number of hydrogen-bond acceptors (Lipinski definition) is 7. The molecule has 3 aromatic carbocycles. The topological polar surface area (TPSA) is 98.6 Å². The Morgan fingerprint density at radius 3 is 1.37 bits per heavy atom. The van der Waals surface area contributed by atoms with E-state index in [2.05, 4.69) is 21.1 Å². The number of amides is 2. The van der Waals surface area contributed by atoms with Crippen LogP contribution in [0.1, 0.15) is 45.7 Å². The summed E-state index contributed by atoms with van der Waals surface area (Å²) < 4.78 is 5.34. The average molecular weight is 517 g/mol. The summed E-state index contributed by atoms with van der Waals surface area (Å²) in [6.07, 6.45) is 3.02. The Hall–Kier alpha value is -4.66. The first-order valence-corrected chi connectivity index (χ1v) is 12.2. The van der Waals surface area contributed by atoms with Gasteiger partial charge < -0.3 is 14.5 Å². The molecule has 0 bridgehead atoms. The van der Waals surface area contributed by atoms with Crippen LogP contribution in [-0.2, 0) is 0 Å². The predicted molar refractivity (Wildman–Crippen MR) is 156 cm³/mol. The molecule has 0 aliphatic carbocycles. The smallest absolute Gasteiger partial charge is 0.271 e. The van der Waals surface area contributed by atoms with E-state index in [1.165, 1.54) is 12.4 Å². The highest BCUT2D eigenvalue weighted by molar-refractivity contribution is 5.96. The Balaban J connectivity index is 0.00000247. The number of rotatable bonds is 9. The fourth-order valence-electron chi connectivity index (χ4n) is 3.19. The fraction of sp³-hybridized carbons (Fsp3) is 0.241. The largest absolute Gasteiger partial charge is 0.497 e. The highest BCUT2D eigenvalue weighted by Gasteiger charge is 2.06. The van der Waals surface area contributed by atoms with Gasteiger partial charge >= 0.3 is 0 Å². The van der Waals surface area contributed by atoms with E-state index in [4.69, 9.17) is 4.74 Å². The lowest BCUT2D eigenvalue weighted by molar-refractivity contribution is 0.0947. The van der Waals surface area contributed by atoms with Crippen LogP contribution in [0.2, 0.25) is 0 Å². The molecule has 0 unspecified atom stereocenters. The van der Waals surface area contributed by atoms with Crippen molar-refractivity contribution in [1.29, 1.82) is 0 Å². The molecule has 0 saturated carbocycles. The van der Waals surface area contributed by atoms with E-state index in [9.17, 15) is 9.59 Å². The third-order valence-electron chi connectivity index (χ3n) is 5.24. The number of carbonyl (C=O) groups is 2. The Kier molecular flexibility index (Phi) is 11.5. The van der Waals surface area contributed by atoms with Crippen molar-refractivity contribution in [3.63, 3.8) is 0 Å². The first-order chi connectivity index (χ1) is 18.3. The number of anilines is 2. The molecule has 0 spiro atoms. The second-order valence-electron chi connectivity index (χ2n) is 8.32. The van der Waals surface area contributed by atoms with E-state index in [0.717, 1.165) is 11.4 Å². The highest BCUT2D eigenvalue weighted by Crippen LogP contribution is 2.16. The molecule has 0 aliphatic rings. The summed E-state index contributed by atoms with van der Waals surface area (Å²) in [5, 5.41) is 8.10. The number of hydrogen-bond donors (Lipinski definition) is 2. The Labute approximate surface area is 224 Å². The van der Waals surface area contributed by atoms with Gasteiger partial charge in [0.15, 0.2) is 0 Å². The van der Waals surface area contributed by atoms with Crippen LogP contribution in [-0.4, -0.2) is 59.5 Å². The van der Waals surface area contributed by atoms with Crippen LogP contribution in [0.5, 0.6) is 5.75 Å². The van der Waals surface area contributed by atoms with Gasteiger partial charge in [-0.1, -0.05) is 13.8 Å². The number of methoxy groups -OCH3 is 1. The molecule has 2 N–H and O–H groups in total. The third-order valence-corrected chi connectivity index (χ3v) is 5.24. The van der Waals surface area contributed by atoms with Gasteiger partial charge in [0, 0.05) is 50.7 Å². The van der Waals surface area contributed by atoms with Crippen molar-refractivity contribution in [2.24, 2.45) is 10.2 Å². The molecule has 0 radical (unpaired) electrons. The van der Waals surface area contributed by atoms with Gasteiger partial charge in [-0.25, -0.2) is 10.9 Å². The van der Waals surface area contributed by atoms with Gasteiger partial charge in [-0.2, -0.15) is 10.2 Å². The molecule has 0 fully saturated rings. The van der Waals surface area contributed by atoms with Crippen LogP contribution < -0.4 is 25.4 Å². The number of ether oxygens (including phenoxy) is 1. The molecule has 0 heterocycles. The highest BCUT2D eigenvalue weighted by atomic mass is 16.5. The van der Waals surface area contributed by atoms with Crippen molar-refractivity contribution < 1.29 is 14.3 Å². The molecule has 9 heteroatoms. The predicted octanol–water partition coefficient (Wildman–Crippen LogP) is 4.38. The van der Waals surface area contributed by atoms with Crippen molar-refractivity contribution in [1.82, 2.24) is 10.9 Å². The lowest BCUT2D eigenvalue weighted by Crippen LogP contribution is -2.18. The average Bonchev–Trinajstić information content (AvgIpc) is 2.94. The van der Waals surface area contributed by atoms with E-state index in [0.29, 0.717) is 28.0 Å². The molecular weight excluding hydrogens is 480 g/mol. The van der Waals surface area contributed by atoms with Gasteiger partial charge in [0.05, 0.1) is 19.5 Å². The van der Waals surface area contributed by atoms with E-state index in [1.54, 1.807) is 49.6 Å². The minimum absolute atomic E-state index is 0.317. The third kappa shape index (κ3) is 8.77.